The van der Waals surface area contributed by atoms with Crippen LogP contribution in [0.3, 0.4) is 0 Å². The second-order valence-electron chi connectivity index (χ2n) is 11.1. The number of carbonyl (C=O) groups is 2. The van der Waals surface area contributed by atoms with Crippen molar-refractivity contribution >= 4 is 11.6 Å². The maximum absolute atomic E-state index is 15.0. The molecule has 0 bridgehead atoms. The summed E-state index contributed by atoms with van der Waals surface area (Å²) in [5.41, 5.74) is -0.758. The fourth-order valence-corrected chi connectivity index (χ4v) is 7.66. The average Bonchev–Trinajstić information content (AvgIpc) is 3.09. The fourth-order valence-electron chi connectivity index (χ4n) is 7.66. The molecule has 1 N–H and O–H groups in total. The number of hydrogen-bond donors (Lipinski definition) is 1. The van der Waals surface area contributed by atoms with E-state index in [1.54, 1.807) is 30.3 Å². The molecule has 1 aromatic carbocycles. The van der Waals surface area contributed by atoms with E-state index in [1.165, 1.54) is 13.8 Å². The second-order valence-corrected chi connectivity index (χ2v) is 11.1. The molecule has 4 aliphatic rings. The largest absolute Gasteiger partial charge is 0.456 e. The SMILES string of the molecule is CC(=O)c1ccc(C2C[C@@]3(C)[C@@H](CCC3(O)C(F)(F)C(F)(F)F)[C@@H]3CCC4=CC(=O)CCC4=C23)cc1. The van der Waals surface area contributed by atoms with E-state index in [-0.39, 0.29) is 30.3 Å². The molecule has 5 rings (SSSR count). The number of rotatable bonds is 3. The highest BCUT2D eigenvalue weighted by molar-refractivity contribution is 5.94. The molecule has 0 radical (unpaired) electrons. The molecule has 36 heavy (non-hydrogen) atoms. The third-order valence-electron chi connectivity index (χ3n) is 9.48. The van der Waals surface area contributed by atoms with Crippen molar-refractivity contribution in [1.29, 1.82) is 0 Å². The van der Waals surface area contributed by atoms with E-state index < -0.39 is 41.4 Å². The molecule has 0 saturated heterocycles. The number of aliphatic hydroxyl groups is 1. The first-order valence-corrected chi connectivity index (χ1v) is 12.5. The van der Waals surface area contributed by atoms with Gasteiger partial charge in [-0.15, -0.1) is 0 Å². The Morgan fingerprint density at radius 1 is 1.03 bits per heavy atom. The predicted octanol–water partition coefficient (Wildman–Crippen LogP) is 6.72. The van der Waals surface area contributed by atoms with E-state index in [0.717, 1.165) is 22.3 Å². The Morgan fingerprint density at radius 3 is 2.31 bits per heavy atom. The Morgan fingerprint density at radius 2 is 1.69 bits per heavy atom. The van der Waals surface area contributed by atoms with Crippen molar-refractivity contribution in [3.05, 3.63) is 58.2 Å². The Labute approximate surface area is 206 Å². The quantitative estimate of drug-likeness (QED) is 0.364. The number of halogens is 5. The van der Waals surface area contributed by atoms with Gasteiger partial charge in [-0.25, -0.2) is 0 Å². The van der Waals surface area contributed by atoms with E-state index in [0.29, 0.717) is 31.2 Å². The van der Waals surface area contributed by atoms with Gasteiger partial charge in [-0.05, 0) is 80.1 Å². The van der Waals surface area contributed by atoms with E-state index in [4.69, 9.17) is 0 Å². The summed E-state index contributed by atoms with van der Waals surface area (Å²) in [4.78, 5) is 23.9. The number of carbonyl (C=O) groups excluding carboxylic acids is 2. The molecule has 2 fully saturated rings. The van der Waals surface area contributed by atoms with Crippen LogP contribution in [0.25, 0.3) is 0 Å². The lowest BCUT2D eigenvalue weighted by molar-refractivity contribution is -0.362. The van der Waals surface area contributed by atoms with Crippen molar-refractivity contribution in [3.8, 4) is 0 Å². The number of hydrogen-bond acceptors (Lipinski definition) is 3. The molecular weight excluding hydrogens is 479 g/mol. The van der Waals surface area contributed by atoms with E-state index >= 15 is 0 Å². The summed E-state index contributed by atoms with van der Waals surface area (Å²) >= 11 is 0. The number of benzene rings is 1. The summed E-state index contributed by atoms with van der Waals surface area (Å²) in [5.74, 6) is -6.66. The normalized spacial score (nSPS) is 34.6. The molecule has 4 aliphatic carbocycles. The monoisotopic (exact) mass is 508 g/mol. The minimum absolute atomic E-state index is 0.0378. The molecule has 0 heterocycles. The fraction of sp³-hybridized carbons (Fsp3) is 0.571. The standard InChI is InChI=1S/C28H29F5O3/c1-15(34)16-3-5-17(6-4-16)22-14-25(2)23(11-12-26(25,36)27(29,30)28(31,32)33)21-9-7-18-13-19(35)8-10-20(18)24(21)22/h3-6,13,21-23,36H,7-12,14H2,1-2H3/t21-,22?,23-,25-,26?/m0/s1. The van der Waals surface area contributed by atoms with Crippen molar-refractivity contribution in [2.45, 2.75) is 82.4 Å². The van der Waals surface area contributed by atoms with Gasteiger partial charge in [0.05, 0.1) is 0 Å². The molecule has 0 spiro atoms. The number of fused-ring (bicyclic) bond motifs is 4. The highest BCUT2D eigenvalue weighted by Gasteiger charge is 2.79. The zero-order chi connectivity index (χ0) is 26.3. The van der Waals surface area contributed by atoms with Gasteiger partial charge in [-0.2, -0.15) is 22.0 Å². The van der Waals surface area contributed by atoms with Crippen LogP contribution in [-0.2, 0) is 4.79 Å². The molecule has 0 aliphatic heterocycles. The molecule has 3 nitrogen and oxygen atoms in total. The minimum atomic E-state index is -5.87. The third-order valence-corrected chi connectivity index (χ3v) is 9.48. The lowest BCUT2D eigenvalue weighted by atomic mass is 9.50. The summed E-state index contributed by atoms with van der Waals surface area (Å²) in [5, 5.41) is 11.3. The van der Waals surface area contributed by atoms with Crippen LogP contribution in [0.5, 0.6) is 0 Å². The summed E-state index contributed by atoms with van der Waals surface area (Å²) in [7, 11) is 0. The van der Waals surface area contributed by atoms with Crippen LogP contribution in [0, 0.1) is 17.3 Å². The Hall–Kier alpha value is -2.35. The van der Waals surface area contributed by atoms with Crippen LogP contribution in [0.1, 0.15) is 80.6 Å². The molecule has 194 valence electrons. The number of Topliss-reactive ketones (excluding diaryl/α,β-unsaturated/α-hetero) is 1. The van der Waals surface area contributed by atoms with Crippen LogP contribution < -0.4 is 0 Å². The van der Waals surface area contributed by atoms with Gasteiger partial charge < -0.3 is 5.11 Å². The Kier molecular flexibility index (Phi) is 5.67. The van der Waals surface area contributed by atoms with Crippen LogP contribution in [0.2, 0.25) is 0 Å². The zero-order valence-electron chi connectivity index (χ0n) is 20.2. The molecule has 0 aromatic heterocycles. The average molecular weight is 509 g/mol. The minimum Gasteiger partial charge on any atom is -0.383 e. The van der Waals surface area contributed by atoms with Crippen molar-refractivity contribution < 1.29 is 36.6 Å². The van der Waals surface area contributed by atoms with E-state index in [1.807, 2.05) is 0 Å². The van der Waals surface area contributed by atoms with Gasteiger partial charge in [0, 0.05) is 23.3 Å². The molecule has 2 saturated carbocycles. The topological polar surface area (TPSA) is 54.4 Å². The first kappa shape index (κ1) is 25.3. The maximum atomic E-state index is 15.0. The lowest BCUT2D eigenvalue weighted by Gasteiger charge is -2.56. The summed E-state index contributed by atoms with van der Waals surface area (Å²) in [6.07, 6.45) is -2.90. The number of alkyl halides is 5. The van der Waals surface area contributed by atoms with Crippen molar-refractivity contribution in [2.24, 2.45) is 17.3 Å². The number of allylic oxidation sites excluding steroid dienone is 4. The van der Waals surface area contributed by atoms with Crippen LogP contribution in [-0.4, -0.2) is 34.4 Å². The second kappa shape index (κ2) is 8.07. The molecule has 5 atom stereocenters. The van der Waals surface area contributed by atoms with Crippen molar-refractivity contribution in [3.63, 3.8) is 0 Å². The predicted molar refractivity (Wildman–Crippen MR) is 123 cm³/mol. The molecule has 0 amide bonds. The van der Waals surface area contributed by atoms with Gasteiger partial charge >= 0.3 is 12.1 Å². The van der Waals surface area contributed by atoms with Gasteiger partial charge in [-0.1, -0.05) is 36.8 Å². The summed E-state index contributed by atoms with van der Waals surface area (Å²) in [6, 6.07) is 6.75. The van der Waals surface area contributed by atoms with Gasteiger partial charge in [0.1, 0.15) is 5.60 Å². The summed E-state index contributed by atoms with van der Waals surface area (Å²) < 4.78 is 70.7. The Bertz CT molecular complexity index is 1180. The van der Waals surface area contributed by atoms with E-state index in [9.17, 15) is 36.6 Å². The van der Waals surface area contributed by atoms with Gasteiger partial charge in [0.15, 0.2) is 11.6 Å². The molecule has 1 aromatic rings. The lowest BCUT2D eigenvalue weighted by Crippen LogP contribution is -2.65. The van der Waals surface area contributed by atoms with Crippen LogP contribution in [0.15, 0.2) is 47.1 Å². The highest BCUT2D eigenvalue weighted by Crippen LogP contribution is 2.70. The highest BCUT2D eigenvalue weighted by atomic mass is 19.4. The van der Waals surface area contributed by atoms with Gasteiger partial charge in [0.25, 0.3) is 0 Å². The maximum Gasteiger partial charge on any atom is 0.456 e. The van der Waals surface area contributed by atoms with Crippen LogP contribution in [0.4, 0.5) is 22.0 Å². The molecule has 8 heteroatoms. The molecular formula is C28H29F5O3. The number of ketones is 2. The van der Waals surface area contributed by atoms with Crippen molar-refractivity contribution in [1.82, 2.24) is 0 Å². The third kappa shape index (κ3) is 3.39. The Balaban J connectivity index is 1.69. The van der Waals surface area contributed by atoms with Crippen LogP contribution >= 0.6 is 0 Å². The first-order chi connectivity index (χ1) is 16.7. The molecule has 2 unspecified atom stereocenters. The van der Waals surface area contributed by atoms with Gasteiger partial charge in [0.2, 0.25) is 0 Å². The van der Waals surface area contributed by atoms with Gasteiger partial charge in [-0.3, -0.25) is 9.59 Å². The zero-order valence-corrected chi connectivity index (χ0v) is 20.2. The summed E-state index contributed by atoms with van der Waals surface area (Å²) in [6.45, 7) is 2.83. The van der Waals surface area contributed by atoms with E-state index in [2.05, 4.69) is 0 Å². The van der Waals surface area contributed by atoms with Crippen molar-refractivity contribution in [2.75, 3.05) is 0 Å². The first-order valence-electron chi connectivity index (χ1n) is 12.5. The smallest absolute Gasteiger partial charge is 0.383 e.